The largest absolute Gasteiger partial charge is 0.495 e. The molecule has 0 spiro atoms. The maximum absolute atomic E-state index is 12.9. The van der Waals surface area contributed by atoms with Gasteiger partial charge in [-0.05, 0) is 66.1 Å². The number of ether oxygens (including phenoxy) is 1. The van der Waals surface area contributed by atoms with Crippen molar-refractivity contribution < 1.29 is 9.53 Å². The van der Waals surface area contributed by atoms with Gasteiger partial charge in [-0.1, -0.05) is 6.07 Å². The fourth-order valence-corrected chi connectivity index (χ4v) is 3.78. The third-order valence-electron chi connectivity index (χ3n) is 5.37. The smallest absolute Gasteiger partial charge is 0.255 e. The highest BCUT2D eigenvalue weighted by atomic mass is 35.5. The van der Waals surface area contributed by atoms with Crippen molar-refractivity contribution in [2.75, 3.05) is 43.5 Å². The van der Waals surface area contributed by atoms with E-state index in [9.17, 15) is 4.79 Å². The van der Waals surface area contributed by atoms with Crippen LogP contribution < -0.4 is 20.3 Å². The lowest BCUT2D eigenvalue weighted by molar-refractivity contribution is 0.102. The van der Waals surface area contributed by atoms with Crippen LogP contribution in [-0.4, -0.2) is 44.2 Å². The van der Waals surface area contributed by atoms with Crippen molar-refractivity contribution in [3.8, 4) is 16.9 Å². The minimum atomic E-state index is -0.129. The van der Waals surface area contributed by atoms with E-state index in [0.717, 1.165) is 60.0 Å². The quantitative estimate of drug-likeness (QED) is 0.626. The maximum atomic E-state index is 12.9. The van der Waals surface area contributed by atoms with Crippen LogP contribution in [0.5, 0.6) is 5.75 Å². The summed E-state index contributed by atoms with van der Waals surface area (Å²) in [4.78, 5) is 19.2. The number of benzene rings is 2. The SMILES string of the molecule is COc1ccc(NC(=O)c2ccc(-c3ccncc3)c(C)c2)cc1N1CCNCC1.Cl. The number of aromatic nitrogens is 1. The van der Waals surface area contributed by atoms with Crippen LogP contribution in [0.2, 0.25) is 0 Å². The monoisotopic (exact) mass is 438 g/mol. The molecule has 31 heavy (non-hydrogen) atoms. The van der Waals surface area contributed by atoms with Gasteiger partial charge >= 0.3 is 0 Å². The molecule has 2 heterocycles. The summed E-state index contributed by atoms with van der Waals surface area (Å²) in [7, 11) is 1.67. The van der Waals surface area contributed by atoms with E-state index in [-0.39, 0.29) is 18.3 Å². The Hall–Kier alpha value is -3.09. The zero-order valence-corrected chi connectivity index (χ0v) is 18.5. The molecule has 0 saturated carbocycles. The Morgan fingerprint density at radius 3 is 2.48 bits per heavy atom. The summed E-state index contributed by atoms with van der Waals surface area (Å²) in [6, 6.07) is 15.5. The molecule has 1 saturated heterocycles. The summed E-state index contributed by atoms with van der Waals surface area (Å²) in [5.74, 6) is 0.684. The van der Waals surface area contributed by atoms with Gasteiger partial charge in [-0.25, -0.2) is 0 Å². The first-order valence-electron chi connectivity index (χ1n) is 10.1. The van der Waals surface area contributed by atoms with Crippen LogP contribution in [0.4, 0.5) is 11.4 Å². The molecule has 2 aromatic carbocycles. The number of nitrogens with zero attached hydrogens (tertiary/aromatic N) is 2. The molecule has 4 rings (SSSR count). The van der Waals surface area contributed by atoms with E-state index < -0.39 is 0 Å². The van der Waals surface area contributed by atoms with Gasteiger partial charge in [-0.3, -0.25) is 9.78 Å². The number of halogens is 1. The van der Waals surface area contributed by atoms with Gasteiger partial charge in [0.1, 0.15) is 5.75 Å². The normalized spacial score (nSPS) is 13.3. The lowest BCUT2D eigenvalue weighted by Crippen LogP contribution is -2.43. The number of nitrogens with one attached hydrogen (secondary N) is 2. The average Bonchev–Trinajstić information content (AvgIpc) is 2.80. The predicted molar refractivity (Wildman–Crippen MR) is 128 cm³/mol. The van der Waals surface area contributed by atoms with Crippen molar-refractivity contribution in [1.29, 1.82) is 0 Å². The molecule has 1 aromatic heterocycles. The molecule has 0 radical (unpaired) electrons. The molecule has 0 unspecified atom stereocenters. The minimum absolute atomic E-state index is 0. The Balaban J connectivity index is 0.00000272. The van der Waals surface area contributed by atoms with Crippen molar-refractivity contribution in [3.63, 3.8) is 0 Å². The van der Waals surface area contributed by atoms with Crippen LogP contribution >= 0.6 is 12.4 Å². The first-order valence-corrected chi connectivity index (χ1v) is 10.1. The number of amides is 1. The molecule has 3 aromatic rings. The lowest BCUT2D eigenvalue weighted by Gasteiger charge is -2.30. The molecular weight excluding hydrogens is 412 g/mol. The fraction of sp³-hybridized carbons (Fsp3) is 0.250. The number of hydrogen-bond donors (Lipinski definition) is 2. The molecule has 1 aliphatic rings. The topological polar surface area (TPSA) is 66.5 Å². The van der Waals surface area contributed by atoms with E-state index in [0.29, 0.717) is 5.56 Å². The first-order chi connectivity index (χ1) is 14.7. The molecule has 1 fully saturated rings. The van der Waals surface area contributed by atoms with E-state index >= 15 is 0 Å². The van der Waals surface area contributed by atoms with Gasteiger partial charge in [0, 0.05) is 49.8 Å². The van der Waals surface area contributed by atoms with E-state index in [4.69, 9.17) is 4.74 Å². The molecule has 0 aliphatic carbocycles. The highest BCUT2D eigenvalue weighted by Crippen LogP contribution is 2.32. The summed E-state index contributed by atoms with van der Waals surface area (Å²) in [6.07, 6.45) is 3.55. The average molecular weight is 439 g/mol. The molecule has 162 valence electrons. The predicted octanol–water partition coefficient (Wildman–Crippen LogP) is 4.15. The molecule has 2 N–H and O–H groups in total. The second-order valence-electron chi connectivity index (χ2n) is 7.34. The van der Waals surface area contributed by atoms with Crippen molar-refractivity contribution in [2.24, 2.45) is 0 Å². The van der Waals surface area contributed by atoms with Crippen LogP contribution in [0.3, 0.4) is 0 Å². The van der Waals surface area contributed by atoms with Crippen LogP contribution in [-0.2, 0) is 0 Å². The summed E-state index contributed by atoms with van der Waals surface area (Å²) in [5.41, 5.74) is 5.62. The van der Waals surface area contributed by atoms with Crippen molar-refractivity contribution >= 4 is 29.7 Å². The summed E-state index contributed by atoms with van der Waals surface area (Å²) in [6.45, 7) is 5.70. The number of aryl methyl sites for hydroxylation is 1. The third kappa shape index (κ3) is 5.16. The molecule has 0 bridgehead atoms. The lowest BCUT2D eigenvalue weighted by atomic mass is 9.99. The number of pyridine rings is 1. The fourth-order valence-electron chi connectivity index (χ4n) is 3.78. The van der Waals surface area contributed by atoms with E-state index in [1.807, 2.05) is 55.5 Å². The molecule has 1 amide bonds. The van der Waals surface area contributed by atoms with E-state index in [1.54, 1.807) is 19.5 Å². The highest BCUT2D eigenvalue weighted by molar-refractivity contribution is 6.05. The van der Waals surface area contributed by atoms with E-state index in [2.05, 4.69) is 20.5 Å². The Morgan fingerprint density at radius 2 is 1.81 bits per heavy atom. The first kappa shape index (κ1) is 22.6. The Morgan fingerprint density at radius 1 is 1.06 bits per heavy atom. The van der Waals surface area contributed by atoms with Gasteiger partial charge in [0.15, 0.2) is 0 Å². The maximum Gasteiger partial charge on any atom is 0.255 e. The van der Waals surface area contributed by atoms with Crippen molar-refractivity contribution in [1.82, 2.24) is 10.3 Å². The number of carbonyl (C=O) groups is 1. The molecule has 7 heteroatoms. The van der Waals surface area contributed by atoms with Crippen LogP contribution in [0.15, 0.2) is 60.9 Å². The van der Waals surface area contributed by atoms with Crippen LogP contribution in [0.1, 0.15) is 15.9 Å². The van der Waals surface area contributed by atoms with Gasteiger partial charge in [0.25, 0.3) is 5.91 Å². The number of piperazine rings is 1. The molecule has 6 nitrogen and oxygen atoms in total. The van der Waals surface area contributed by atoms with Gasteiger partial charge < -0.3 is 20.3 Å². The van der Waals surface area contributed by atoms with Crippen molar-refractivity contribution in [2.45, 2.75) is 6.92 Å². The van der Waals surface area contributed by atoms with Crippen LogP contribution in [0, 0.1) is 6.92 Å². The zero-order chi connectivity index (χ0) is 20.9. The van der Waals surface area contributed by atoms with Crippen LogP contribution in [0.25, 0.3) is 11.1 Å². The number of hydrogen-bond acceptors (Lipinski definition) is 5. The summed E-state index contributed by atoms with van der Waals surface area (Å²) >= 11 is 0. The molecule has 1 aliphatic heterocycles. The highest BCUT2D eigenvalue weighted by Gasteiger charge is 2.17. The van der Waals surface area contributed by atoms with E-state index in [1.165, 1.54) is 0 Å². The second-order valence-corrected chi connectivity index (χ2v) is 7.34. The second kappa shape index (κ2) is 10.3. The van der Waals surface area contributed by atoms with Crippen molar-refractivity contribution in [3.05, 3.63) is 72.1 Å². The molecular formula is C24H27ClN4O2. The standard InChI is InChI=1S/C24H26N4O2.ClH/c1-17-15-19(3-5-21(17)18-7-9-25-10-8-18)24(29)27-20-4-6-23(30-2)22(16-20)28-13-11-26-12-14-28;/h3-10,15-16,26H,11-14H2,1-2H3,(H,27,29);1H. The van der Waals surface area contributed by atoms with Gasteiger partial charge in [0.2, 0.25) is 0 Å². The Bertz CT molecular complexity index is 1040. The Kier molecular flexibility index (Phi) is 7.50. The number of carbonyl (C=O) groups excluding carboxylic acids is 1. The zero-order valence-electron chi connectivity index (χ0n) is 17.7. The number of rotatable bonds is 5. The molecule has 0 atom stereocenters. The summed E-state index contributed by atoms with van der Waals surface area (Å²) < 4.78 is 5.53. The third-order valence-corrected chi connectivity index (χ3v) is 5.37. The number of methoxy groups -OCH3 is 1. The number of anilines is 2. The summed E-state index contributed by atoms with van der Waals surface area (Å²) in [5, 5.41) is 6.38. The van der Waals surface area contributed by atoms with Gasteiger partial charge in [-0.2, -0.15) is 0 Å². The van der Waals surface area contributed by atoms with Gasteiger partial charge in [-0.15, -0.1) is 12.4 Å². The minimum Gasteiger partial charge on any atom is -0.495 e. The van der Waals surface area contributed by atoms with Gasteiger partial charge in [0.05, 0.1) is 12.8 Å². The Labute approximate surface area is 189 Å².